The fourth-order valence-corrected chi connectivity index (χ4v) is 6.07. The van der Waals surface area contributed by atoms with E-state index in [1.165, 1.54) is 20.8 Å². The summed E-state index contributed by atoms with van der Waals surface area (Å²) in [4.78, 5) is 0. The molecule has 15 atom stereocenters. The monoisotopic (exact) mass is 1040 g/mol. The van der Waals surface area contributed by atoms with Gasteiger partial charge in [0.25, 0.3) is 0 Å². The summed E-state index contributed by atoms with van der Waals surface area (Å²) in [5.41, 5.74) is -4.36. The van der Waals surface area contributed by atoms with Gasteiger partial charge < -0.3 is 71.1 Å². The van der Waals surface area contributed by atoms with E-state index in [4.69, 9.17) is 107 Å². The number of ether oxygens (including phenoxy) is 15. The van der Waals surface area contributed by atoms with Crippen molar-refractivity contribution in [1.29, 1.82) is 0 Å². The first kappa shape index (κ1) is 31.0. The zero-order valence-corrected chi connectivity index (χ0v) is 39.7. The van der Waals surface area contributed by atoms with Crippen LogP contribution < -0.4 is 0 Å². The van der Waals surface area contributed by atoms with Crippen molar-refractivity contribution in [2.24, 2.45) is 29.5 Å². The summed E-state index contributed by atoms with van der Waals surface area (Å²) >= 11 is 0. The van der Waals surface area contributed by atoms with Crippen LogP contribution in [0, 0.1) is 29.5 Å². The molecule has 10 rings (SSSR count). The quantitative estimate of drug-likeness (QED) is 0.258. The molecule has 0 N–H and O–H groups in total. The van der Waals surface area contributed by atoms with Crippen molar-refractivity contribution < 1.29 is 116 Å². The van der Waals surface area contributed by atoms with E-state index in [1.54, 1.807) is 62.3 Å². The molecule has 70 heavy (non-hydrogen) atoms. The van der Waals surface area contributed by atoms with E-state index in [-0.39, 0.29) is 43.1 Å². The molecule has 0 amide bonds. The van der Waals surface area contributed by atoms with Crippen molar-refractivity contribution in [1.82, 2.24) is 0 Å². The lowest BCUT2D eigenvalue weighted by Crippen LogP contribution is -2.32. The Balaban J connectivity index is 0.000000638. The molecule has 0 unspecified atom stereocenters. The van der Waals surface area contributed by atoms with Gasteiger partial charge in [-0.1, -0.05) is 37.1 Å². The highest BCUT2D eigenvalue weighted by Crippen LogP contribution is 2.39. The number of fused-ring (bicyclic) bond motifs is 5. The van der Waals surface area contributed by atoms with Crippen LogP contribution in [0.1, 0.15) is 218 Å². The van der Waals surface area contributed by atoms with Crippen LogP contribution in [-0.4, -0.2) is 155 Å². The third-order valence-electron chi connectivity index (χ3n) is 8.44. The van der Waals surface area contributed by atoms with E-state index < -0.39 is 198 Å². The molecule has 0 aromatic carbocycles. The highest BCUT2D eigenvalue weighted by Gasteiger charge is 2.47. The van der Waals surface area contributed by atoms with Gasteiger partial charge in [-0.25, -0.2) is 0 Å². The van der Waals surface area contributed by atoms with Crippen molar-refractivity contribution in [3.8, 4) is 0 Å². The van der Waals surface area contributed by atoms with Crippen LogP contribution in [0.25, 0.3) is 0 Å². The summed E-state index contributed by atoms with van der Waals surface area (Å²) in [6, 6.07) is 0. The molecule has 420 valence electrons. The Morgan fingerprint density at radius 1 is 0.357 bits per heavy atom. The van der Waals surface area contributed by atoms with E-state index in [0.29, 0.717) is 13.0 Å². The van der Waals surface area contributed by atoms with Crippen LogP contribution >= 0.6 is 0 Å². The lowest BCUT2D eigenvalue weighted by Gasteiger charge is -2.26. The molecule has 10 heterocycles. The first-order valence-electron chi connectivity index (χ1n) is 37.7. The summed E-state index contributed by atoms with van der Waals surface area (Å²) < 4.78 is 335. The minimum Gasteiger partial charge on any atom is -0.370 e. The second-order valence-corrected chi connectivity index (χ2v) is 20.2. The predicted octanol–water partition coefficient (Wildman–Crippen LogP) is 11.0. The third kappa shape index (κ3) is 20.8. The van der Waals surface area contributed by atoms with Crippen LogP contribution in [-0.2, 0) is 71.1 Å². The second kappa shape index (κ2) is 28.5. The Morgan fingerprint density at radius 3 is 1.27 bits per heavy atom. The fraction of sp³-hybridized carbons (Fsp3) is 1.00. The zero-order valence-electron chi connectivity index (χ0n) is 72.7. The molecule has 15 heteroatoms. The van der Waals surface area contributed by atoms with Crippen LogP contribution in [0.5, 0.6) is 0 Å². The van der Waals surface area contributed by atoms with Gasteiger partial charge in [-0.05, 0) is 136 Å². The normalized spacial score (nSPS) is 60.3. The average molecular weight is 1040 g/mol. The fourth-order valence-electron chi connectivity index (χ4n) is 6.07. The van der Waals surface area contributed by atoms with Gasteiger partial charge in [0.2, 0.25) is 0 Å². The first-order chi connectivity index (χ1) is 42.5. The van der Waals surface area contributed by atoms with E-state index in [1.807, 2.05) is 20.8 Å². The molecule has 0 aromatic heterocycles. The van der Waals surface area contributed by atoms with Crippen molar-refractivity contribution in [3.05, 3.63) is 0 Å². The highest BCUT2D eigenvalue weighted by molar-refractivity contribution is 4.89. The van der Waals surface area contributed by atoms with E-state index in [2.05, 4.69) is 9.47 Å². The van der Waals surface area contributed by atoms with Gasteiger partial charge >= 0.3 is 0 Å². The smallest absolute Gasteiger partial charge is 0.163 e. The zero-order chi connectivity index (χ0) is 77.1. The minimum atomic E-state index is -3.24. The van der Waals surface area contributed by atoms with Gasteiger partial charge in [-0.2, -0.15) is 0 Å². The molecule has 0 spiro atoms. The van der Waals surface area contributed by atoms with Gasteiger partial charge in [0.15, 0.2) is 31.4 Å². The molecule has 0 aliphatic carbocycles. The molecule has 0 aromatic rings. The minimum absolute atomic E-state index is 0. The largest absolute Gasteiger partial charge is 0.370 e. The molecule has 10 aliphatic rings. The summed E-state index contributed by atoms with van der Waals surface area (Å²) in [5.74, 6) is -8.93. The molecular weight excluding hydrogens is 901 g/mol. The Morgan fingerprint density at radius 2 is 0.729 bits per heavy atom. The molecule has 15 nitrogen and oxygen atoms in total. The number of rotatable bonds is 5. The van der Waals surface area contributed by atoms with Gasteiger partial charge in [-0.3, -0.25) is 0 Å². The SMILES string of the molecule is C.C.C.C.C.[2H]C1([2H])O[C@@H]2OC([2H])([2H])[C@]([2H])(OC(C)(C)C)[C@@H]2C1([2H])[2H].[2H]C1([2H])O[C@@]2([2H])OC([2H])([2H])C([2H])([2H])[C@@]2([2H])[C@H]1OC(C)(C)C.[2H]C1([2H])O[C@H]2OC([2H])([2H])C([2H])([2H])[C@H]2[C@H]1OC(C)(C)C.[2H]C1([2H])O[C@H]2OCC[C@H]2[C@@]1([2H])OC(C)(C)C.[2H]C1([2H])O[C@]2([2H])OC([2H])([2H])[C@]([2H])(OC(C)(C)C)[C@]2([2H])C1([2H])[2H]. The molecular formula is C55H110O15. The molecule has 10 saturated heterocycles. The van der Waals surface area contributed by atoms with Gasteiger partial charge in [0, 0.05) is 43.2 Å². The van der Waals surface area contributed by atoms with Gasteiger partial charge in [0.1, 0.15) is 0 Å². The van der Waals surface area contributed by atoms with Gasteiger partial charge in [-0.15, -0.1) is 0 Å². The van der Waals surface area contributed by atoms with Crippen molar-refractivity contribution in [2.75, 3.05) is 65.6 Å². The third-order valence-corrected chi connectivity index (χ3v) is 8.44. The highest BCUT2D eigenvalue weighted by atomic mass is 16.7. The van der Waals surface area contributed by atoms with Crippen molar-refractivity contribution in [2.45, 2.75) is 263 Å². The van der Waals surface area contributed by atoms with Crippen LogP contribution in [0.4, 0.5) is 0 Å². The summed E-state index contributed by atoms with van der Waals surface area (Å²) in [5, 5.41) is 0. The summed E-state index contributed by atoms with van der Waals surface area (Å²) in [7, 11) is 0. The van der Waals surface area contributed by atoms with E-state index in [0.717, 1.165) is 0 Å². The van der Waals surface area contributed by atoms with E-state index >= 15 is 0 Å². The first-order valence-corrected chi connectivity index (χ1v) is 21.2. The maximum atomic E-state index is 8.34. The second-order valence-electron chi connectivity index (χ2n) is 20.2. The van der Waals surface area contributed by atoms with Crippen molar-refractivity contribution >= 4 is 0 Å². The lowest BCUT2D eigenvalue weighted by molar-refractivity contribution is -0.0930. The van der Waals surface area contributed by atoms with E-state index in [9.17, 15) is 0 Å². The number of hydrogen-bond acceptors (Lipinski definition) is 15. The Kier molecular flexibility index (Phi) is 12.6. The Bertz CT molecular complexity index is 2940. The molecule has 10 fully saturated rings. The van der Waals surface area contributed by atoms with Crippen LogP contribution in [0.3, 0.4) is 0 Å². The van der Waals surface area contributed by atoms with Crippen LogP contribution in [0.15, 0.2) is 0 Å². The standard InChI is InChI=1S/5C10H18O3.5CH4/c5*1-10(2,3)13-8-6-12-9-7(8)4-5-11-9;;;;;/h5*7-9H,4-6H2,1-3H3;5*1H4/t5*7-,8-,9+;;;;;/m00000...../s1/i4D2,5D2,6D2,7D,8D,9D;4D2,5D2,6D2,7D,9D;4D2,5D2,6D2,8D;4D2,5D2,6D2;6D2,8D;;;;;. The van der Waals surface area contributed by atoms with Crippen LogP contribution in [0.2, 0.25) is 0 Å². The molecule has 0 radical (unpaired) electrons. The van der Waals surface area contributed by atoms with Gasteiger partial charge in [0.05, 0.1) is 156 Å². The molecule has 0 bridgehead atoms. The average Bonchev–Trinajstić information content (AvgIpc) is 1.48. The molecule has 10 aliphatic heterocycles. The predicted molar refractivity (Wildman–Crippen MR) is 276 cm³/mol. The summed E-state index contributed by atoms with van der Waals surface area (Å²) in [6.45, 7) is 1.03. The Labute approximate surface area is 475 Å². The Hall–Kier alpha value is -0.600. The lowest BCUT2D eigenvalue weighted by atomic mass is 10.0. The maximum absolute atomic E-state index is 8.34. The van der Waals surface area contributed by atoms with Crippen molar-refractivity contribution in [3.63, 3.8) is 0 Å². The number of hydrogen-bond donors (Lipinski definition) is 0. The molecule has 0 saturated carbocycles. The topological polar surface area (TPSA) is 138 Å². The summed E-state index contributed by atoms with van der Waals surface area (Å²) in [6.07, 6.45) is -30.2. The maximum Gasteiger partial charge on any atom is 0.163 e.